The molecule has 33 heavy (non-hydrogen) atoms. The van der Waals surface area contributed by atoms with Crippen LogP contribution in [0.5, 0.6) is 17.2 Å². The molecular weight excluding hydrogens is 422 g/mol. The van der Waals surface area contributed by atoms with Crippen molar-refractivity contribution in [1.82, 2.24) is 15.1 Å². The molecule has 0 radical (unpaired) electrons. The van der Waals surface area contributed by atoms with Crippen LogP contribution in [0, 0.1) is 13.8 Å². The maximum Gasteiger partial charge on any atom is 0.273 e. The Hall–Kier alpha value is -3.52. The smallest absolute Gasteiger partial charge is 0.273 e. The van der Waals surface area contributed by atoms with Crippen LogP contribution in [0.15, 0.2) is 30.3 Å². The Morgan fingerprint density at radius 2 is 1.97 bits per heavy atom. The van der Waals surface area contributed by atoms with E-state index in [2.05, 4.69) is 10.2 Å². The van der Waals surface area contributed by atoms with Gasteiger partial charge in [-0.1, -0.05) is 12.1 Å². The predicted octanol–water partition coefficient (Wildman–Crippen LogP) is 3.73. The molecule has 0 saturated heterocycles. The van der Waals surface area contributed by atoms with Crippen molar-refractivity contribution in [3.05, 3.63) is 58.3 Å². The van der Waals surface area contributed by atoms with Crippen LogP contribution in [0.2, 0.25) is 0 Å². The molecule has 1 amide bonds. The molecule has 1 atom stereocenters. The number of nitrogens with zero attached hydrogens (tertiary/aromatic N) is 2. The van der Waals surface area contributed by atoms with E-state index in [9.17, 15) is 15.0 Å². The second kappa shape index (κ2) is 9.15. The van der Waals surface area contributed by atoms with Crippen LogP contribution in [0.25, 0.3) is 11.3 Å². The highest BCUT2D eigenvalue weighted by molar-refractivity contribution is 6.00. The number of aromatic hydroxyl groups is 1. The first-order valence-corrected chi connectivity index (χ1v) is 11.0. The van der Waals surface area contributed by atoms with Crippen molar-refractivity contribution in [2.75, 3.05) is 26.9 Å². The fourth-order valence-corrected chi connectivity index (χ4v) is 4.49. The number of carbonyl (C=O) groups is 1. The number of methoxy groups -OCH3 is 1. The average molecular weight is 452 g/mol. The number of hydrogen-bond donors (Lipinski definition) is 3. The Balaban J connectivity index is 1.90. The molecule has 174 valence electrons. The van der Waals surface area contributed by atoms with E-state index in [-0.39, 0.29) is 18.3 Å². The number of ether oxygens (including phenoxy) is 2. The topological polar surface area (TPSA) is 108 Å². The molecular formula is C25H29N3O5. The predicted molar refractivity (Wildman–Crippen MR) is 124 cm³/mol. The third-order valence-corrected chi connectivity index (χ3v) is 5.92. The van der Waals surface area contributed by atoms with E-state index in [0.29, 0.717) is 53.6 Å². The van der Waals surface area contributed by atoms with Gasteiger partial charge < -0.3 is 24.6 Å². The molecule has 1 aliphatic heterocycles. The zero-order chi connectivity index (χ0) is 23.7. The highest BCUT2D eigenvalue weighted by atomic mass is 16.5. The molecule has 4 rings (SSSR count). The zero-order valence-electron chi connectivity index (χ0n) is 19.3. The minimum atomic E-state index is -0.461. The van der Waals surface area contributed by atoms with Gasteiger partial charge in [-0.15, -0.1) is 0 Å². The highest BCUT2D eigenvalue weighted by Crippen LogP contribution is 2.46. The molecule has 8 nitrogen and oxygen atoms in total. The molecule has 1 aromatic heterocycles. The Kier molecular flexibility index (Phi) is 6.29. The third-order valence-electron chi connectivity index (χ3n) is 5.92. The van der Waals surface area contributed by atoms with Gasteiger partial charge in [-0.25, -0.2) is 0 Å². The summed E-state index contributed by atoms with van der Waals surface area (Å²) in [5.41, 5.74) is 4.74. The lowest BCUT2D eigenvalue weighted by molar-refractivity contribution is 0.0732. The largest absolute Gasteiger partial charge is 0.507 e. The molecule has 0 fully saturated rings. The number of phenolic OH excluding ortho intramolecular Hbond substituents is 1. The number of aryl methyl sites for hydroxylation is 2. The van der Waals surface area contributed by atoms with Crippen LogP contribution in [0.3, 0.4) is 0 Å². The molecule has 2 heterocycles. The molecule has 3 aromatic rings. The number of aliphatic hydroxyl groups is 1. The number of nitrogens with one attached hydrogen (secondary N) is 1. The summed E-state index contributed by atoms with van der Waals surface area (Å²) >= 11 is 0. The van der Waals surface area contributed by atoms with Gasteiger partial charge in [-0.05, 0) is 62.1 Å². The van der Waals surface area contributed by atoms with Gasteiger partial charge in [0.05, 0.1) is 19.8 Å². The molecule has 3 N–H and O–H groups in total. The molecule has 0 spiro atoms. The number of aromatic nitrogens is 2. The van der Waals surface area contributed by atoms with Gasteiger partial charge in [0.25, 0.3) is 5.91 Å². The van der Waals surface area contributed by atoms with E-state index in [0.717, 1.165) is 16.7 Å². The summed E-state index contributed by atoms with van der Waals surface area (Å²) < 4.78 is 11.2. The SMILES string of the molecule is CCOc1ccc(C2c3c(-c4cc(C)cc(C)c4O)n[nH]c3C(=O)N2CCCO)cc1OC. The van der Waals surface area contributed by atoms with Gasteiger partial charge in [0.2, 0.25) is 0 Å². The number of aromatic amines is 1. The van der Waals surface area contributed by atoms with Crippen molar-refractivity contribution in [3.63, 3.8) is 0 Å². The van der Waals surface area contributed by atoms with Crippen molar-refractivity contribution >= 4 is 5.91 Å². The van der Waals surface area contributed by atoms with Gasteiger partial charge in [0.15, 0.2) is 11.5 Å². The molecule has 1 unspecified atom stereocenters. The van der Waals surface area contributed by atoms with Crippen LogP contribution in [-0.4, -0.2) is 58.1 Å². The fraction of sp³-hybridized carbons (Fsp3) is 0.360. The van der Waals surface area contributed by atoms with Crippen molar-refractivity contribution in [2.45, 2.75) is 33.2 Å². The normalized spacial score (nSPS) is 15.1. The van der Waals surface area contributed by atoms with E-state index in [1.165, 1.54) is 0 Å². The number of hydrogen-bond acceptors (Lipinski definition) is 6. The summed E-state index contributed by atoms with van der Waals surface area (Å²) in [6.07, 6.45) is 0.443. The minimum absolute atomic E-state index is 0.0278. The number of phenols is 1. The van der Waals surface area contributed by atoms with Crippen LogP contribution in [-0.2, 0) is 0 Å². The van der Waals surface area contributed by atoms with Crippen LogP contribution < -0.4 is 9.47 Å². The van der Waals surface area contributed by atoms with Crippen molar-refractivity contribution in [1.29, 1.82) is 0 Å². The monoisotopic (exact) mass is 451 g/mol. The molecule has 1 aliphatic rings. The fourth-order valence-electron chi connectivity index (χ4n) is 4.49. The van der Waals surface area contributed by atoms with E-state index in [1.54, 1.807) is 12.0 Å². The average Bonchev–Trinajstić information content (AvgIpc) is 3.34. The van der Waals surface area contributed by atoms with Crippen molar-refractivity contribution in [2.24, 2.45) is 0 Å². The summed E-state index contributed by atoms with van der Waals surface area (Å²) in [5.74, 6) is 1.13. The third kappa shape index (κ3) is 3.91. The molecule has 2 aromatic carbocycles. The Labute approximate surface area is 192 Å². The minimum Gasteiger partial charge on any atom is -0.507 e. The lowest BCUT2D eigenvalue weighted by Gasteiger charge is -2.27. The molecule has 0 aliphatic carbocycles. The Bertz CT molecular complexity index is 1190. The molecule has 0 bridgehead atoms. The number of amides is 1. The number of rotatable bonds is 8. The van der Waals surface area contributed by atoms with Crippen molar-refractivity contribution < 1.29 is 24.5 Å². The van der Waals surface area contributed by atoms with Gasteiger partial charge in [0, 0.05) is 24.3 Å². The number of aliphatic hydroxyl groups excluding tert-OH is 1. The summed E-state index contributed by atoms with van der Waals surface area (Å²) in [6, 6.07) is 8.91. The van der Waals surface area contributed by atoms with Crippen LogP contribution in [0.1, 0.15) is 52.1 Å². The van der Waals surface area contributed by atoms with Gasteiger partial charge >= 0.3 is 0 Å². The van der Waals surface area contributed by atoms with Crippen molar-refractivity contribution in [3.8, 4) is 28.5 Å². The number of H-pyrrole nitrogens is 1. The lowest BCUT2D eigenvalue weighted by atomic mass is 9.94. The maximum absolute atomic E-state index is 13.3. The maximum atomic E-state index is 13.3. The summed E-state index contributed by atoms with van der Waals surface area (Å²) in [5, 5.41) is 27.6. The standard InChI is InChI=1S/C25H29N3O5/c1-5-33-18-8-7-16(13-19(18)32-4)23-20-21(17-12-14(2)11-15(3)24(17)30)26-27-22(20)25(31)28(23)9-6-10-29/h7-8,11-13,23,29-30H,5-6,9-10H2,1-4H3,(H,26,27). The van der Waals surface area contributed by atoms with E-state index < -0.39 is 6.04 Å². The first kappa shape index (κ1) is 22.7. The first-order chi connectivity index (χ1) is 15.9. The quantitative estimate of drug-likeness (QED) is 0.482. The lowest BCUT2D eigenvalue weighted by Crippen LogP contribution is -2.31. The highest BCUT2D eigenvalue weighted by Gasteiger charge is 2.42. The Morgan fingerprint density at radius 3 is 2.67 bits per heavy atom. The summed E-state index contributed by atoms with van der Waals surface area (Å²) in [7, 11) is 1.58. The zero-order valence-corrected chi connectivity index (χ0v) is 19.3. The summed E-state index contributed by atoms with van der Waals surface area (Å²) in [4.78, 5) is 15.0. The van der Waals surface area contributed by atoms with E-state index in [1.807, 2.05) is 51.1 Å². The second-order valence-electron chi connectivity index (χ2n) is 8.16. The van der Waals surface area contributed by atoms with E-state index in [4.69, 9.17) is 9.47 Å². The first-order valence-electron chi connectivity index (χ1n) is 11.0. The second-order valence-corrected chi connectivity index (χ2v) is 8.16. The number of fused-ring (bicyclic) bond motifs is 1. The summed E-state index contributed by atoms with van der Waals surface area (Å²) in [6.45, 7) is 6.54. The van der Waals surface area contributed by atoms with Crippen LogP contribution >= 0.6 is 0 Å². The number of carbonyl (C=O) groups excluding carboxylic acids is 1. The van der Waals surface area contributed by atoms with Crippen LogP contribution in [0.4, 0.5) is 0 Å². The molecule has 0 saturated carbocycles. The van der Waals surface area contributed by atoms with Gasteiger partial charge in [-0.3, -0.25) is 9.89 Å². The van der Waals surface area contributed by atoms with Gasteiger partial charge in [0.1, 0.15) is 17.1 Å². The van der Waals surface area contributed by atoms with E-state index >= 15 is 0 Å². The Morgan fingerprint density at radius 1 is 1.18 bits per heavy atom. The van der Waals surface area contributed by atoms with Gasteiger partial charge in [-0.2, -0.15) is 5.10 Å². The number of benzene rings is 2. The molecule has 8 heteroatoms.